The van der Waals surface area contributed by atoms with Crippen LogP contribution in [0.1, 0.15) is 22.9 Å². The van der Waals surface area contributed by atoms with Crippen molar-refractivity contribution in [3.05, 3.63) is 52.4 Å². The van der Waals surface area contributed by atoms with Crippen molar-refractivity contribution in [3.8, 4) is 10.4 Å². The maximum absolute atomic E-state index is 10.5. The Hall–Kier alpha value is -1.87. The van der Waals surface area contributed by atoms with Gasteiger partial charge in [0.05, 0.1) is 0 Å². The summed E-state index contributed by atoms with van der Waals surface area (Å²) in [6.45, 7) is 4.28. The van der Waals surface area contributed by atoms with E-state index in [2.05, 4.69) is 32.0 Å². The van der Waals surface area contributed by atoms with Crippen LogP contribution in [-0.4, -0.2) is 11.1 Å². The van der Waals surface area contributed by atoms with Gasteiger partial charge in [-0.05, 0) is 48.2 Å². The molecule has 0 amide bonds. The Balaban J connectivity index is 2.30. The number of hydrogen-bond acceptors (Lipinski definition) is 2. The molecule has 0 aliphatic carbocycles. The number of aliphatic carboxylic acids is 1. The predicted molar refractivity (Wildman–Crippen MR) is 80.5 cm³/mol. The normalized spacial score (nSPS) is 11.1. The average Bonchev–Trinajstić information content (AvgIpc) is 2.86. The highest BCUT2D eigenvalue weighted by atomic mass is 32.1. The molecule has 0 fully saturated rings. The van der Waals surface area contributed by atoms with Crippen LogP contribution < -0.4 is 0 Å². The molecule has 2 rings (SSSR count). The third kappa shape index (κ3) is 3.32. The maximum Gasteiger partial charge on any atom is 0.328 e. The highest BCUT2D eigenvalue weighted by Crippen LogP contribution is 2.30. The van der Waals surface area contributed by atoms with Gasteiger partial charge in [0.2, 0.25) is 0 Å². The molecule has 0 aliphatic heterocycles. The average molecular weight is 272 g/mol. The summed E-state index contributed by atoms with van der Waals surface area (Å²) >= 11 is 1.60. The molecule has 1 heterocycles. The summed E-state index contributed by atoms with van der Waals surface area (Å²) < 4.78 is 0. The molecule has 0 spiro atoms. The lowest BCUT2D eigenvalue weighted by Gasteiger charge is -2.05. The highest BCUT2D eigenvalue weighted by molar-refractivity contribution is 7.16. The first-order valence-corrected chi connectivity index (χ1v) is 7.02. The van der Waals surface area contributed by atoms with E-state index < -0.39 is 5.97 Å². The van der Waals surface area contributed by atoms with Crippen LogP contribution in [0.2, 0.25) is 0 Å². The zero-order valence-electron chi connectivity index (χ0n) is 11.0. The molecule has 0 saturated carbocycles. The first-order valence-electron chi connectivity index (χ1n) is 6.21. The minimum absolute atomic E-state index is 0.918. The largest absolute Gasteiger partial charge is 0.478 e. The molecule has 98 valence electrons. The summed E-state index contributed by atoms with van der Waals surface area (Å²) in [7, 11) is 0. The van der Waals surface area contributed by atoms with Gasteiger partial charge >= 0.3 is 5.97 Å². The molecule has 3 heteroatoms. The van der Waals surface area contributed by atoms with Crippen LogP contribution in [0, 0.1) is 6.92 Å². The number of thiophene rings is 1. The predicted octanol–water partition coefficient (Wildman–Crippen LogP) is 4.38. The second-order valence-corrected chi connectivity index (χ2v) is 5.48. The zero-order valence-corrected chi connectivity index (χ0v) is 11.8. The van der Waals surface area contributed by atoms with Gasteiger partial charge in [0.25, 0.3) is 0 Å². The Morgan fingerprint density at radius 3 is 2.79 bits per heavy atom. The minimum Gasteiger partial charge on any atom is -0.478 e. The molecule has 2 aromatic rings. The van der Waals surface area contributed by atoms with Gasteiger partial charge in [-0.3, -0.25) is 0 Å². The van der Waals surface area contributed by atoms with Gasteiger partial charge in [-0.15, -0.1) is 11.3 Å². The number of carboxylic acids is 1. The quantitative estimate of drug-likeness (QED) is 0.838. The molecular formula is C16H16O2S. The summed E-state index contributed by atoms with van der Waals surface area (Å²) in [4.78, 5) is 12.6. The fraction of sp³-hybridized carbons (Fsp3) is 0.188. The SMILES string of the molecule is CCc1cc(-c2ccc(/C=C/C(=O)O)s2)ccc1C. The molecule has 0 atom stereocenters. The Labute approximate surface area is 117 Å². The number of aryl methyl sites for hydroxylation is 2. The lowest BCUT2D eigenvalue weighted by molar-refractivity contribution is -0.131. The summed E-state index contributed by atoms with van der Waals surface area (Å²) in [6.07, 6.45) is 3.82. The van der Waals surface area contributed by atoms with E-state index in [1.807, 2.05) is 12.1 Å². The number of rotatable bonds is 4. The van der Waals surface area contributed by atoms with E-state index in [0.29, 0.717) is 0 Å². The Kier molecular flexibility index (Phi) is 4.17. The van der Waals surface area contributed by atoms with Crippen LogP contribution in [0.3, 0.4) is 0 Å². The molecular weight excluding hydrogens is 256 g/mol. The standard InChI is InChI=1S/C16H16O2S/c1-3-12-10-13(5-4-11(12)2)15-8-6-14(19-15)7-9-16(17)18/h4-10H,3H2,1-2H3,(H,17,18)/b9-7+. The van der Waals surface area contributed by atoms with Gasteiger partial charge in [-0.25, -0.2) is 4.79 Å². The zero-order chi connectivity index (χ0) is 13.8. The third-order valence-electron chi connectivity index (χ3n) is 3.03. The Bertz CT molecular complexity index is 623. The van der Waals surface area contributed by atoms with E-state index in [1.165, 1.54) is 27.6 Å². The van der Waals surface area contributed by atoms with Crippen LogP contribution in [-0.2, 0) is 11.2 Å². The maximum atomic E-state index is 10.5. The van der Waals surface area contributed by atoms with Gasteiger partial charge in [0.1, 0.15) is 0 Å². The van der Waals surface area contributed by atoms with E-state index in [9.17, 15) is 4.79 Å². The van der Waals surface area contributed by atoms with E-state index in [1.54, 1.807) is 17.4 Å². The lowest BCUT2D eigenvalue weighted by Crippen LogP contribution is -1.86. The van der Waals surface area contributed by atoms with Crippen molar-refractivity contribution in [2.75, 3.05) is 0 Å². The van der Waals surface area contributed by atoms with E-state index in [4.69, 9.17) is 5.11 Å². The van der Waals surface area contributed by atoms with Crippen LogP contribution >= 0.6 is 11.3 Å². The third-order valence-corrected chi connectivity index (χ3v) is 4.13. The molecule has 0 saturated heterocycles. The van der Waals surface area contributed by atoms with E-state index >= 15 is 0 Å². The van der Waals surface area contributed by atoms with Gasteiger partial charge in [-0.1, -0.05) is 25.1 Å². The molecule has 0 bridgehead atoms. The molecule has 1 aromatic heterocycles. The number of hydrogen-bond donors (Lipinski definition) is 1. The van der Waals surface area contributed by atoms with Gasteiger partial charge < -0.3 is 5.11 Å². The molecule has 1 aromatic carbocycles. The first-order chi connectivity index (χ1) is 9.10. The summed E-state index contributed by atoms with van der Waals surface area (Å²) in [5.74, 6) is -0.918. The number of carbonyl (C=O) groups is 1. The molecule has 1 N–H and O–H groups in total. The van der Waals surface area contributed by atoms with Gasteiger partial charge in [0.15, 0.2) is 0 Å². The van der Waals surface area contributed by atoms with Crippen molar-refractivity contribution in [2.24, 2.45) is 0 Å². The molecule has 0 radical (unpaired) electrons. The smallest absolute Gasteiger partial charge is 0.328 e. The van der Waals surface area contributed by atoms with E-state index in [-0.39, 0.29) is 0 Å². The topological polar surface area (TPSA) is 37.3 Å². The Morgan fingerprint density at radius 2 is 2.11 bits per heavy atom. The monoisotopic (exact) mass is 272 g/mol. The van der Waals surface area contributed by atoms with Crippen molar-refractivity contribution in [1.82, 2.24) is 0 Å². The summed E-state index contributed by atoms with van der Waals surface area (Å²) in [5, 5.41) is 8.62. The second-order valence-electron chi connectivity index (χ2n) is 4.37. The highest BCUT2D eigenvalue weighted by Gasteiger charge is 2.04. The fourth-order valence-electron chi connectivity index (χ4n) is 1.96. The van der Waals surface area contributed by atoms with Gasteiger partial charge in [-0.2, -0.15) is 0 Å². The second kappa shape index (κ2) is 5.85. The minimum atomic E-state index is -0.918. The van der Waals surface area contributed by atoms with Crippen LogP contribution in [0.15, 0.2) is 36.4 Å². The summed E-state index contributed by atoms with van der Waals surface area (Å²) in [6, 6.07) is 10.5. The molecule has 2 nitrogen and oxygen atoms in total. The van der Waals surface area contributed by atoms with Gasteiger partial charge in [0, 0.05) is 15.8 Å². The summed E-state index contributed by atoms with van der Waals surface area (Å²) in [5.41, 5.74) is 3.87. The van der Waals surface area contributed by atoms with Crippen LogP contribution in [0.4, 0.5) is 0 Å². The van der Waals surface area contributed by atoms with Crippen molar-refractivity contribution >= 4 is 23.4 Å². The van der Waals surface area contributed by atoms with E-state index in [0.717, 1.165) is 11.3 Å². The van der Waals surface area contributed by atoms with Crippen molar-refractivity contribution in [1.29, 1.82) is 0 Å². The lowest BCUT2D eigenvalue weighted by atomic mass is 10.0. The first kappa shape index (κ1) is 13.6. The molecule has 0 aliphatic rings. The number of carboxylic acid groups (broad SMARTS) is 1. The van der Waals surface area contributed by atoms with Crippen molar-refractivity contribution in [3.63, 3.8) is 0 Å². The fourth-order valence-corrected chi connectivity index (χ4v) is 2.86. The van der Waals surface area contributed by atoms with Crippen molar-refractivity contribution < 1.29 is 9.90 Å². The molecule has 19 heavy (non-hydrogen) atoms. The Morgan fingerprint density at radius 1 is 1.32 bits per heavy atom. The van der Waals surface area contributed by atoms with Crippen LogP contribution in [0.25, 0.3) is 16.5 Å². The van der Waals surface area contributed by atoms with Crippen LogP contribution in [0.5, 0.6) is 0 Å². The van der Waals surface area contributed by atoms with Crippen molar-refractivity contribution in [2.45, 2.75) is 20.3 Å². The molecule has 0 unspecified atom stereocenters. The number of benzene rings is 1.